The minimum Gasteiger partial charge on any atom is -0.469 e. The summed E-state index contributed by atoms with van der Waals surface area (Å²) in [5.74, 6) is 1.13. The van der Waals surface area contributed by atoms with Crippen LogP contribution in [0.4, 0.5) is 4.79 Å². The quantitative estimate of drug-likeness (QED) is 0.439. The molecule has 0 aliphatic heterocycles. The van der Waals surface area contributed by atoms with Crippen LogP contribution in [-0.2, 0) is 23.8 Å². The Kier molecular flexibility index (Phi) is 8.33. The molecule has 4 rings (SSSR count). The molecule has 0 spiro atoms. The molecule has 7 heteroatoms. The minimum absolute atomic E-state index is 0.0278. The number of Topliss-reactive ketones (excluding diaryl/α,β-unsaturated/α-hetero) is 1. The number of hydrogen-bond acceptors (Lipinski definition) is 7. The highest BCUT2D eigenvalue weighted by atomic mass is 16.7. The molecule has 0 aromatic heterocycles. The Balaban J connectivity index is 1.58. The van der Waals surface area contributed by atoms with Gasteiger partial charge in [0.2, 0.25) is 0 Å². The molecule has 0 radical (unpaired) electrons. The smallest absolute Gasteiger partial charge is 0.469 e. The Hall–Kier alpha value is -1.63. The molecule has 0 bridgehead atoms. The van der Waals surface area contributed by atoms with Crippen LogP contribution in [0.2, 0.25) is 0 Å². The fourth-order valence-corrected chi connectivity index (χ4v) is 9.60. The van der Waals surface area contributed by atoms with Gasteiger partial charge in [0.05, 0.1) is 19.8 Å². The fraction of sp³-hybridized carbons (Fsp3) is 0.900. The van der Waals surface area contributed by atoms with Crippen molar-refractivity contribution in [1.29, 1.82) is 0 Å². The van der Waals surface area contributed by atoms with E-state index in [9.17, 15) is 19.5 Å². The molecule has 0 aromatic carbocycles. The number of hydrogen-bond donors (Lipinski definition) is 1. The molecule has 4 fully saturated rings. The third kappa shape index (κ3) is 4.72. The number of ether oxygens (including phenoxy) is 3. The first-order chi connectivity index (χ1) is 17.5. The van der Waals surface area contributed by atoms with E-state index in [1.807, 2.05) is 0 Å². The van der Waals surface area contributed by atoms with Crippen LogP contribution in [0.5, 0.6) is 0 Å². The zero-order valence-corrected chi connectivity index (χ0v) is 23.7. The number of aliphatic hydroxyl groups excluding tert-OH is 1. The van der Waals surface area contributed by atoms with Crippen molar-refractivity contribution < 1.29 is 33.7 Å². The number of ketones is 1. The van der Waals surface area contributed by atoms with Crippen molar-refractivity contribution in [1.82, 2.24) is 0 Å². The Morgan fingerprint density at radius 2 is 1.81 bits per heavy atom. The summed E-state index contributed by atoms with van der Waals surface area (Å²) in [6.45, 7) is 10.9. The highest BCUT2D eigenvalue weighted by Gasteiger charge is 2.67. The number of rotatable bonds is 7. The predicted molar refractivity (Wildman–Crippen MR) is 138 cm³/mol. The first-order valence-corrected chi connectivity index (χ1v) is 14.6. The van der Waals surface area contributed by atoms with Crippen LogP contribution >= 0.6 is 0 Å². The van der Waals surface area contributed by atoms with Crippen LogP contribution in [0.3, 0.4) is 0 Å². The van der Waals surface area contributed by atoms with E-state index >= 15 is 0 Å². The zero-order chi connectivity index (χ0) is 27.1. The van der Waals surface area contributed by atoms with E-state index < -0.39 is 12.3 Å². The highest BCUT2D eigenvalue weighted by Crippen LogP contribution is 2.68. The van der Waals surface area contributed by atoms with Crippen LogP contribution < -0.4 is 0 Å². The van der Waals surface area contributed by atoms with E-state index in [4.69, 9.17) is 14.2 Å². The summed E-state index contributed by atoms with van der Waals surface area (Å²) in [5.41, 5.74) is -0.386. The third-order valence-corrected chi connectivity index (χ3v) is 11.5. The van der Waals surface area contributed by atoms with Crippen molar-refractivity contribution in [3.05, 3.63) is 0 Å². The lowest BCUT2D eigenvalue weighted by atomic mass is 9.41. The summed E-state index contributed by atoms with van der Waals surface area (Å²) in [5, 5.41) is 11.8. The van der Waals surface area contributed by atoms with Gasteiger partial charge in [0.15, 0.2) is 0 Å². The Morgan fingerprint density at radius 1 is 1.08 bits per heavy atom. The number of fused-ring (bicyclic) bond motifs is 5. The Bertz CT molecular complexity index is 872. The third-order valence-electron chi connectivity index (χ3n) is 11.5. The summed E-state index contributed by atoms with van der Waals surface area (Å²) in [7, 11) is 1.42. The molecule has 1 N–H and O–H groups in total. The molecule has 4 aliphatic carbocycles. The number of aliphatic hydroxyl groups is 1. The van der Waals surface area contributed by atoms with Gasteiger partial charge in [0.25, 0.3) is 0 Å². The van der Waals surface area contributed by atoms with Gasteiger partial charge in [-0.2, -0.15) is 0 Å². The number of methoxy groups -OCH3 is 1. The maximum absolute atomic E-state index is 14.3. The lowest BCUT2D eigenvalue weighted by molar-refractivity contribution is -0.193. The molecule has 0 amide bonds. The van der Waals surface area contributed by atoms with Gasteiger partial charge in [0, 0.05) is 23.7 Å². The number of carbonyl (C=O) groups is 3. The second-order valence-corrected chi connectivity index (χ2v) is 12.9. The van der Waals surface area contributed by atoms with Crippen molar-refractivity contribution >= 4 is 17.9 Å². The predicted octanol–water partition coefficient (Wildman–Crippen LogP) is 5.56. The summed E-state index contributed by atoms with van der Waals surface area (Å²) in [4.78, 5) is 38.1. The second kappa shape index (κ2) is 10.9. The lowest BCUT2D eigenvalue weighted by Crippen LogP contribution is -2.64. The van der Waals surface area contributed by atoms with Crippen molar-refractivity contribution in [3.8, 4) is 0 Å². The molecule has 4 aliphatic rings. The standard InChI is InChI=1S/C30H48O7/c1-7-19-22-15-18(37-28(34)36-8-2)13-14-29(22,4)23-16-24(31)30(5)20(17(3)9-12-25(32)35-6)10-11-21(30)26(23)27(19)33/h17-24,26,31H,7-16H2,1-6H3/t17-,18-,19-,20?,21?,22+,23?,24+,26?,29+,30-/m1/s1. The van der Waals surface area contributed by atoms with Gasteiger partial charge < -0.3 is 19.3 Å². The van der Waals surface area contributed by atoms with E-state index in [0.717, 1.165) is 38.5 Å². The van der Waals surface area contributed by atoms with Crippen molar-refractivity contribution in [3.63, 3.8) is 0 Å². The highest BCUT2D eigenvalue weighted by molar-refractivity contribution is 5.86. The largest absolute Gasteiger partial charge is 0.508 e. The monoisotopic (exact) mass is 520 g/mol. The lowest BCUT2D eigenvalue weighted by Gasteiger charge is -2.63. The summed E-state index contributed by atoms with van der Waals surface area (Å²) >= 11 is 0. The van der Waals surface area contributed by atoms with Gasteiger partial charge in [-0.15, -0.1) is 0 Å². The average Bonchev–Trinajstić information content (AvgIpc) is 3.22. The number of carbonyl (C=O) groups excluding carboxylic acids is 3. The molecule has 4 saturated carbocycles. The Morgan fingerprint density at radius 3 is 2.46 bits per heavy atom. The average molecular weight is 521 g/mol. The maximum Gasteiger partial charge on any atom is 0.508 e. The van der Waals surface area contributed by atoms with E-state index in [1.165, 1.54) is 7.11 Å². The van der Waals surface area contributed by atoms with Crippen LogP contribution in [0, 0.1) is 52.3 Å². The van der Waals surface area contributed by atoms with Crippen molar-refractivity contribution in [2.45, 2.75) is 105 Å². The molecule has 7 nitrogen and oxygen atoms in total. The van der Waals surface area contributed by atoms with Crippen LogP contribution in [-0.4, -0.2) is 48.9 Å². The first kappa shape index (κ1) is 28.4. The molecule has 0 heterocycles. The van der Waals surface area contributed by atoms with Gasteiger partial charge >= 0.3 is 12.1 Å². The first-order valence-electron chi connectivity index (χ1n) is 14.6. The molecule has 37 heavy (non-hydrogen) atoms. The van der Waals surface area contributed by atoms with Gasteiger partial charge in [-0.25, -0.2) is 4.79 Å². The molecule has 4 unspecified atom stereocenters. The SMILES string of the molecule is CCOC(=O)O[C@@H]1CC[C@]2(C)C3C[C@H](O)[C@@]4(C)C(CCC4[C@H](C)CCC(=O)OC)C3C(=O)[C@H](CC)[C@@H]2C1. The van der Waals surface area contributed by atoms with Crippen molar-refractivity contribution in [2.24, 2.45) is 52.3 Å². The van der Waals surface area contributed by atoms with Gasteiger partial charge in [-0.1, -0.05) is 27.7 Å². The topological polar surface area (TPSA) is 99.1 Å². The summed E-state index contributed by atoms with van der Waals surface area (Å²) < 4.78 is 15.5. The summed E-state index contributed by atoms with van der Waals surface area (Å²) in [6, 6.07) is 0. The fourth-order valence-electron chi connectivity index (χ4n) is 9.60. The van der Waals surface area contributed by atoms with E-state index in [0.29, 0.717) is 25.0 Å². The van der Waals surface area contributed by atoms with Crippen molar-refractivity contribution in [2.75, 3.05) is 13.7 Å². The molecule has 0 saturated heterocycles. The molecule has 210 valence electrons. The van der Waals surface area contributed by atoms with Gasteiger partial charge in [-0.05, 0) is 93.3 Å². The molecule has 0 aromatic rings. The van der Waals surface area contributed by atoms with Gasteiger partial charge in [-0.3, -0.25) is 9.59 Å². The molecule has 11 atom stereocenters. The minimum atomic E-state index is -0.619. The van der Waals surface area contributed by atoms with Crippen LogP contribution in [0.1, 0.15) is 92.4 Å². The second-order valence-electron chi connectivity index (χ2n) is 12.9. The van der Waals surface area contributed by atoms with Crippen LogP contribution in [0.25, 0.3) is 0 Å². The van der Waals surface area contributed by atoms with E-state index in [2.05, 4.69) is 27.7 Å². The normalized spacial score (nSPS) is 43.7. The van der Waals surface area contributed by atoms with Crippen LogP contribution in [0.15, 0.2) is 0 Å². The molecular formula is C30H48O7. The van der Waals surface area contributed by atoms with E-state index in [-0.39, 0.29) is 70.9 Å². The Labute approximate surface area is 222 Å². The van der Waals surface area contributed by atoms with Gasteiger partial charge in [0.1, 0.15) is 11.9 Å². The molecular weight excluding hydrogens is 472 g/mol. The zero-order valence-electron chi connectivity index (χ0n) is 23.7. The maximum atomic E-state index is 14.3. The summed E-state index contributed by atoms with van der Waals surface area (Å²) in [6.07, 6.45) is 5.56. The number of esters is 1. The van der Waals surface area contributed by atoms with E-state index in [1.54, 1.807) is 6.92 Å².